The van der Waals surface area contributed by atoms with Crippen molar-refractivity contribution in [3.05, 3.63) is 76.9 Å². The van der Waals surface area contributed by atoms with Gasteiger partial charge in [-0.3, -0.25) is 19.4 Å². The highest BCUT2D eigenvalue weighted by atomic mass is 16.5. The van der Waals surface area contributed by atoms with Crippen molar-refractivity contribution in [3.8, 4) is 23.3 Å². The summed E-state index contributed by atoms with van der Waals surface area (Å²) in [4.78, 5) is 41.6. The van der Waals surface area contributed by atoms with Gasteiger partial charge in [0.05, 0.1) is 38.3 Å². The lowest BCUT2D eigenvalue weighted by molar-refractivity contribution is -0.123. The Hall–Kier alpha value is -4.73. The maximum Gasteiger partial charge on any atom is 0.244 e. The number of hydrogen-bond acceptors (Lipinski definition) is 7. The molecule has 0 aliphatic rings. The first-order valence-electron chi connectivity index (χ1n) is 12.7. The van der Waals surface area contributed by atoms with Crippen LogP contribution in [0.15, 0.2) is 54.6 Å². The number of carbonyl (C=O) groups excluding carboxylic acids is 3. The van der Waals surface area contributed by atoms with Gasteiger partial charge in [0.25, 0.3) is 0 Å². The van der Waals surface area contributed by atoms with Crippen molar-refractivity contribution in [3.63, 3.8) is 0 Å². The monoisotopic (exact) mass is 549 g/mol. The van der Waals surface area contributed by atoms with Gasteiger partial charge in [0.2, 0.25) is 17.7 Å². The number of amides is 2. The topological polar surface area (TPSA) is 150 Å². The number of nitrogens with one attached hydrogen (secondary N) is 3. The van der Waals surface area contributed by atoms with Crippen LogP contribution in [0.25, 0.3) is 6.08 Å². The number of hydrogen-bond donors (Lipinski definition) is 5. The van der Waals surface area contributed by atoms with E-state index >= 15 is 0 Å². The normalized spacial score (nSPS) is 12.7. The maximum atomic E-state index is 13.2. The number of H-pyrrole nitrogens is 1. The number of rotatable bonds is 12. The lowest BCUT2D eigenvalue weighted by Gasteiger charge is -2.24. The molecule has 0 saturated heterocycles. The molecule has 3 aromatic rings. The molecule has 212 valence electrons. The van der Waals surface area contributed by atoms with E-state index < -0.39 is 35.6 Å². The standard InChI is InChI=1S/C30H35N3O7/c1-17(2)27(28(36)26-18(3)29(37)33-30(26)38)32-25(35)16-23(20-9-7-6-8-10-20)31-24(34)12-11-19-13-21(39-4)15-22(14-19)40-5/h6-15,17,23,27,33,37-38H,16H2,1-5H3,(H,31,34)(H,32,35)/t23-,27-/m0/s1. The summed E-state index contributed by atoms with van der Waals surface area (Å²) < 4.78 is 10.5. The Morgan fingerprint density at radius 1 is 0.950 bits per heavy atom. The smallest absolute Gasteiger partial charge is 0.244 e. The Bertz CT molecular complexity index is 1360. The van der Waals surface area contributed by atoms with Crippen LogP contribution in [0.3, 0.4) is 0 Å². The van der Waals surface area contributed by atoms with Crippen molar-refractivity contribution in [2.75, 3.05) is 14.2 Å². The van der Waals surface area contributed by atoms with Crippen LogP contribution in [-0.2, 0) is 9.59 Å². The summed E-state index contributed by atoms with van der Waals surface area (Å²) in [5, 5.41) is 25.6. The van der Waals surface area contributed by atoms with E-state index in [4.69, 9.17) is 9.47 Å². The Kier molecular flexibility index (Phi) is 9.97. The highest BCUT2D eigenvalue weighted by Crippen LogP contribution is 2.30. The lowest BCUT2D eigenvalue weighted by atomic mass is 9.93. The van der Waals surface area contributed by atoms with Gasteiger partial charge in [-0.2, -0.15) is 0 Å². The third kappa shape index (κ3) is 7.43. The molecule has 2 amide bonds. The average molecular weight is 550 g/mol. The number of ether oxygens (including phenoxy) is 2. The van der Waals surface area contributed by atoms with Crippen LogP contribution in [0, 0.1) is 12.8 Å². The van der Waals surface area contributed by atoms with Crippen LogP contribution in [0.2, 0.25) is 0 Å². The highest BCUT2D eigenvalue weighted by molar-refractivity contribution is 6.05. The lowest BCUT2D eigenvalue weighted by Crippen LogP contribution is -2.45. The number of ketones is 1. The van der Waals surface area contributed by atoms with E-state index in [1.807, 2.05) is 6.07 Å². The zero-order valence-electron chi connectivity index (χ0n) is 23.1. The second-order valence-electron chi connectivity index (χ2n) is 9.63. The predicted molar refractivity (Wildman–Crippen MR) is 150 cm³/mol. The van der Waals surface area contributed by atoms with E-state index in [0.29, 0.717) is 22.6 Å². The zero-order chi connectivity index (χ0) is 29.4. The molecule has 0 unspecified atom stereocenters. The Balaban J connectivity index is 1.77. The minimum absolute atomic E-state index is 0.0799. The number of carbonyl (C=O) groups is 3. The van der Waals surface area contributed by atoms with Gasteiger partial charge in [-0.15, -0.1) is 0 Å². The first kappa shape index (κ1) is 29.8. The van der Waals surface area contributed by atoms with E-state index in [1.54, 1.807) is 62.4 Å². The molecule has 1 heterocycles. The SMILES string of the molecule is COc1cc(C=CC(=O)N[C@@H](CC(=O)N[C@H](C(=O)c2c(O)[nH]c(O)c2C)C(C)C)c2ccccc2)cc(OC)c1. The molecular weight excluding hydrogens is 514 g/mol. The van der Waals surface area contributed by atoms with Gasteiger partial charge in [-0.1, -0.05) is 44.2 Å². The molecule has 0 spiro atoms. The van der Waals surface area contributed by atoms with Crippen molar-refractivity contribution < 1.29 is 34.1 Å². The van der Waals surface area contributed by atoms with Crippen molar-refractivity contribution in [2.24, 2.45) is 5.92 Å². The summed E-state index contributed by atoms with van der Waals surface area (Å²) in [6, 6.07) is 12.6. The number of benzene rings is 2. The summed E-state index contributed by atoms with van der Waals surface area (Å²) in [6.45, 7) is 5.02. The summed E-state index contributed by atoms with van der Waals surface area (Å²) >= 11 is 0. The number of methoxy groups -OCH3 is 2. The third-order valence-electron chi connectivity index (χ3n) is 6.42. The molecule has 3 rings (SSSR count). The highest BCUT2D eigenvalue weighted by Gasteiger charge is 2.31. The Labute approximate surface area is 233 Å². The van der Waals surface area contributed by atoms with Crippen LogP contribution >= 0.6 is 0 Å². The molecule has 10 heteroatoms. The van der Waals surface area contributed by atoms with Crippen LogP contribution < -0.4 is 20.1 Å². The van der Waals surface area contributed by atoms with Crippen LogP contribution in [0.1, 0.15) is 53.4 Å². The molecule has 5 N–H and O–H groups in total. The quantitative estimate of drug-likeness (QED) is 0.169. The van der Waals surface area contributed by atoms with E-state index in [0.717, 1.165) is 0 Å². The zero-order valence-corrected chi connectivity index (χ0v) is 23.1. The van der Waals surface area contributed by atoms with Crippen LogP contribution in [0.4, 0.5) is 0 Å². The fourth-order valence-electron chi connectivity index (χ4n) is 4.23. The molecule has 2 aromatic carbocycles. The number of aromatic nitrogens is 1. The van der Waals surface area contributed by atoms with Crippen LogP contribution in [-0.4, -0.2) is 53.1 Å². The number of aromatic hydroxyl groups is 2. The van der Waals surface area contributed by atoms with Crippen molar-refractivity contribution in [1.82, 2.24) is 15.6 Å². The average Bonchev–Trinajstić information content (AvgIpc) is 3.20. The van der Waals surface area contributed by atoms with Crippen LogP contribution in [0.5, 0.6) is 23.3 Å². The number of Topliss-reactive ketones (excluding diaryl/α,β-unsaturated/α-hetero) is 1. The predicted octanol–water partition coefficient (Wildman–Crippen LogP) is 4.04. The van der Waals surface area contributed by atoms with Crippen molar-refractivity contribution in [1.29, 1.82) is 0 Å². The fourth-order valence-corrected chi connectivity index (χ4v) is 4.23. The van der Waals surface area contributed by atoms with Gasteiger partial charge in [0.1, 0.15) is 11.5 Å². The largest absolute Gasteiger partial charge is 0.497 e. The Morgan fingerprint density at radius 3 is 2.10 bits per heavy atom. The molecule has 1 aromatic heterocycles. The summed E-state index contributed by atoms with van der Waals surface area (Å²) in [5.74, 6) is -1.39. The molecule has 0 fully saturated rings. The molecule has 40 heavy (non-hydrogen) atoms. The Morgan fingerprint density at radius 2 is 1.57 bits per heavy atom. The fraction of sp³-hybridized carbons (Fsp3) is 0.300. The van der Waals surface area contributed by atoms with Gasteiger partial charge in [0, 0.05) is 17.7 Å². The molecule has 0 aliphatic heterocycles. The molecule has 0 bridgehead atoms. The molecular formula is C30H35N3O7. The van der Waals surface area contributed by atoms with Gasteiger partial charge >= 0.3 is 0 Å². The maximum absolute atomic E-state index is 13.2. The molecule has 10 nitrogen and oxygen atoms in total. The van der Waals surface area contributed by atoms with E-state index in [2.05, 4.69) is 15.6 Å². The van der Waals surface area contributed by atoms with Gasteiger partial charge in [-0.25, -0.2) is 0 Å². The minimum atomic E-state index is -0.970. The molecule has 2 atom stereocenters. The molecule has 0 saturated carbocycles. The van der Waals surface area contributed by atoms with Gasteiger partial charge < -0.3 is 30.3 Å². The molecule has 0 aliphatic carbocycles. The summed E-state index contributed by atoms with van der Waals surface area (Å²) in [6.07, 6.45) is 2.82. The van der Waals surface area contributed by atoms with E-state index in [1.165, 1.54) is 27.2 Å². The first-order chi connectivity index (χ1) is 19.0. The second kappa shape index (κ2) is 13.4. The number of aromatic amines is 1. The van der Waals surface area contributed by atoms with Gasteiger partial charge in [0.15, 0.2) is 11.7 Å². The van der Waals surface area contributed by atoms with E-state index in [9.17, 15) is 24.6 Å². The van der Waals surface area contributed by atoms with Gasteiger partial charge in [-0.05, 0) is 42.2 Å². The summed E-state index contributed by atoms with van der Waals surface area (Å²) in [5.41, 5.74) is 1.51. The summed E-state index contributed by atoms with van der Waals surface area (Å²) in [7, 11) is 3.07. The first-order valence-corrected chi connectivity index (χ1v) is 12.7. The van der Waals surface area contributed by atoms with Crippen molar-refractivity contribution in [2.45, 2.75) is 39.3 Å². The second-order valence-corrected chi connectivity index (χ2v) is 9.63. The van der Waals surface area contributed by atoms with E-state index in [-0.39, 0.29) is 29.3 Å². The third-order valence-corrected chi connectivity index (χ3v) is 6.42. The minimum Gasteiger partial charge on any atom is -0.497 e. The molecule has 0 radical (unpaired) electrons. The van der Waals surface area contributed by atoms with Crippen molar-refractivity contribution >= 4 is 23.7 Å².